The summed E-state index contributed by atoms with van der Waals surface area (Å²) < 4.78 is 7.13. The third-order valence-corrected chi connectivity index (χ3v) is 4.11. The lowest BCUT2D eigenvalue weighted by Gasteiger charge is -2.13. The molecule has 0 aliphatic heterocycles. The lowest BCUT2D eigenvalue weighted by molar-refractivity contribution is 0.409. The van der Waals surface area contributed by atoms with Crippen LogP contribution in [0.2, 0.25) is 0 Å². The first-order valence-electron chi connectivity index (χ1n) is 8.81. The Hall–Kier alpha value is -2.62. The molecule has 0 aliphatic carbocycles. The van der Waals surface area contributed by atoms with Crippen molar-refractivity contribution < 1.29 is 4.74 Å². The molecule has 0 saturated heterocycles. The lowest BCUT2D eigenvalue weighted by atomic mass is 10.1. The van der Waals surface area contributed by atoms with Crippen LogP contribution in [-0.2, 0) is 13.0 Å². The number of para-hydroxylation sites is 1. The zero-order valence-electron chi connectivity index (χ0n) is 16.0. The maximum Gasteiger partial charge on any atom is 0.191 e. The Morgan fingerprint density at radius 2 is 2.00 bits per heavy atom. The van der Waals surface area contributed by atoms with Crippen molar-refractivity contribution in [1.29, 1.82) is 0 Å². The number of hydrogen-bond donors (Lipinski definition) is 2. The summed E-state index contributed by atoms with van der Waals surface area (Å²) in [6.07, 6.45) is 6.24. The van der Waals surface area contributed by atoms with E-state index in [0.717, 1.165) is 36.1 Å². The molecule has 3 aromatic rings. The highest BCUT2D eigenvalue weighted by Gasteiger charge is 2.04. The van der Waals surface area contributed by atoms with Gasteiger partial charge in [-0.15, -0.1) is 24.0 Å². The van der Waals surface area contributed by atoms with E-state index in [1.165, 1.54) is 5.56 Å². The van der Waals surface area contributed by atoms with Gasteiger partial charge in [0, 0.05) is 38.7 Å². The molecule has 8 heteroatoms. The Balaban J connectivity index is 0.00000280. The summed E-state index contributed by atoms with van der Waals surface area (Å²) >= 11 is 0. The Morgan fingerprint density at radius 1 is 1.14 bits per heavy atom. The molecule has 2 aromatic heterocycles. The molecule has 28 heavy (non-hydrogen) atoms. The average Bonchev–Trinajstić information content (AvgIpc) is 3.26. The number of aromatic nitrogens is 3. The zero-order valence-corrected chi connectivity index (χ0v) is 18.3. The molecule has 0 spiro atoms. The highest BCUT2D eigenvalue weighted by Crippen LogP contribution is 2.17. The molecular weight excluding hydrogens is 467 g/mol. The predicted octanol–water partition coefficient (Wildman–Crippen LogP) is 2.80. The largest absolute Gasteiger partial charge is 0.496 e. The van der Waals surface area contributed by atoms with Crippen molar-refractivity contribution in [1.82, 2.24) is 25.4 Å². The molecular formula is C20H25IN6O. The van der Waals surface area contributed by atoms with Crippen LogP contribution in [0.3, 0.4) is 0 Å². The van der Waals surface area contributed by atoms with Crippen LogP contribution in [0.15, 0.2) is 66.0 Å². The van der Waals surface area contributed by atoms with Crippen LogP contribution in [0.25, 0.3) is 5.82 Å². The van der Waals surface area contributed by atoms with Crippen molar-refractivity contribution in [3.05, 3.63) is 72.2 Å². The molecule has 0 unspecified atom stereocenters. The number of ether oxygens (including phenoxy) is 1. The molecule has 1 aromatic carbocycles. The topological polar surface area (TPSA) is 76.4 Å². The highest BCUT2D eigenvalue weighted by molar-refractivity contribution is 14.0. The number of nitrogens with one attached hydrogen (secondary N) is 2. The number of guanidine groups is 1. The number of hydrogen-bond acceptors (Lipinski definition) is 4. The van der Waals surface area contributed by atoms with Gasteiger partial charge in [0.2, 0.25) is 0 Å². The van der Waals surface area contributed by atoms with Crippen molar-refractivity contribution >= 4 is 29.9 Å². The molecule has 0 amide bonds. The van der Waals surface area contributed by atoms with Gasteiger partial charge in [-0.25, -0.2) is 9.67 Å². The summed E-state index contributed by atoms with van der Waals surface area (Å²) in [5, 5.41) is 10.9. The van der Waals surface area contributed by atoms with Gasteiger partial charge in [-0.2, -0.15) is 5.10 Å². The number of nitrogens with zero attached hydrogens (tertiary/aromatic N) is 4. The summed E-state index contributed by atoms with van der Waals surface area (Å²) in [6.45, 7) is 1.40. The molecule has 0 bridgehead atoms. The molecule has 148 valence electrons. The summed E-state index contributed by atoms with van der Waals surface area (Å²) in [7, 11) is 3.46. The monoisotopic (exact) mass is 492 g/mol. The molecule has 0 aliphatic rings. The van der Waals surface area contributed by atoms with Crippen molar-refractivity contribution in [3.63, 3.8) is 0 Å². The van der Waals surface area contributed by atoms with Gasteiger partial charge < -0.3 is 15.4 Å². The van der Waals surface area contributed by atoms with E-state index in [1.54, 1.807) is 31.2 Å². The SMILES string of the molecule is CN=C(NCCc1ccccc1OC)NCc1ccnc(-n2cccn2)c1.I. The van der Waals surface area contributed by atoms with Crippen LogP contribution < -0.4 is 15.4 Å². The van der Waals surface area contributed by atoms with Crippen LogP contribution in [-0.4, -0.2) is 41.4 Å². The average molecular weight is 492 g/mol. The molecule has 2 N–H and O–H groups in total. The van der Waals surface area contributed by atoms with E-state index >= 15 is 0 Å². The van der Waals surface area contributed by atoms with Crippen molar-refractivity contribution in [2.75, 3.05) is 20.7 Å². The first-order chi connectivity index (χ1) is 13.3. The molecule has 0 radical (unpaired) electrons. The second-order valence-electron chi connectivity index (χ2n) is 5.89. The Morgan fingerprint density at radius 3 is 2.75 bits per heavy atom. The molecule has 3 rings (SSSR count). The van der Waals surface area contributed by atoms with E-state index in [-0.39, 0.29) is 24.0 Å². The standard InChI is InChI=1S/C20H24N6O.HI/c1-21-20(23-12-9-17-6-3-4-7-18(17)27-2)24-15-16-8-11-22-19(14-16)26-13-5-10-25-26;/h3-8,10-11,13-14H,9,12,15H2,1-2H3,(H2,21,23,24);1H. The summed E-state index contributed by atoms with van der Waals surface area (Å²) in [5.74, 6) is 2.45. The second kappa shape index (κ2) is 11.3. The van der Waals surface area contributed by atoms with E-state index in [9.17, 15) is 0 Å². The predicted molar refractivity (Wildman–Crippen MR) is 122 cm³/mol. The van der Waals surface area contributed by atoms with Gasteiger partial charge in [0.05, 0.1) is 7.11 Å². The van der Waals surface area contributed by atoms with Gasteiger partial charge in [-0.1, -0.05) is 18.2 Å². The van der Waals surface area contributed by atoms with Crippen molar-refractivity contribution in [3.8, 4) is 11.6 Å². The fraction of sp³-hybridized carbons (Fsp3) is 0.250. The maximum absolute atomic E-state index is 5.39. The van der Waals surface area contributed by atoms with Gasteiger partial charge in [0.1, 0.15) is 5.75 Å². The number of rotatable bonds is 7. The van der Waals surface area contributed by atoms with Crippen molar-refractivity contribution in [2.45, 2.75) is 13.0 Å². The minimum Gasteiger partial charge on any atom is -0.496 e. The normalized spacial score (nSPS) is 10.9. The van der Waals surface area contributed by atoms with E-state index in [2.05, 4.69) is 31.8 Å². The smallest absolute Gasteiger partial charge is 0.191 e. The second-order valence-corrected chi connectivity index (χ2v) is 5.89. The van der Waals surface area contributed by atoms with Crippen LogP contribution in [0.4, 0.5) is 0 Å². The van der Waals surface area contributed by atoms with Gasteiger partial charge in [-0.05, 0) is 41.8 Å². The van der Waals surface area contributed by atoms with Gasteiger partial charge >= 0.3 is 0 Å². The summed E-state index contributed by atoms with van der Waals surface area (Å²) in [6, 6.07) is 13.9. The Bertz CT molecular complexity index is 882. The Kier molecular flexibility index (Phi) is 8.73. The molecule has 0 fully saturated rings. The number of halogens is 1. The third kappa shape index (κ3) is 5.95. The summed E-state index contributed by atoms with van der Waals surface area (Å²) in [4.78, 5) is 8.62. The van der Waals surface area contributed by atoms with Gasteiger partial charge in [0.15, 0.2) is 11.8 Å². The third-order valence-electron chi connectivity index (χ3n) is 4.11. The van der Waals surface area contributed by atoms with Gasteiger partial charge in [0.25, 0.3) is 0 Å². The van der Waals surface area contributed by atoms with E-state index in [1.807, 2.05) is 42.6 Å². The van der Waals surface area contributed by atoms with Crippen LogP contribution in [0.5, 0.6) is 5.75 Å². The zero-order chi connectivity index (χ0) is 18.9. The number of pyridine rings is 1. The Labute approximate surface area is 182 Å². The molecule has 0 atom stereocenters. The fourth-order valence-corrected chi connectivity index (χ4v) is 2.73. The van der Waals surface area contributed by atoms with Crippen LogP contribution >= 0.6 is 24.0 Å². The first-order valence-corrected chi connectivity index (χ1v) is 8.81. The quantitative estimate of drug-likeness (QED) is 0.302. The first kappa shape index (κ1) is 21.7. The molecule has 2 heterocycles. The minimum absolute atomic E-state index is 0. The number of aliphatic imine (C=N–C) groups is 1. The number of methoxy groups -OCH3 is 1. The maximum atomic E-state index is 5.39. The van der Waals surface area contributed by atoms with Crippen molar-refractivity contribution in [2.24, 2.45) is 4.99 Å². The van der Waals surface area contributed by atoms with E-state index < -0.39 is 0 Å². The van der Waals surface area contributed by atoms with Crippen LogP contribution in [0.1, 0.15) is 11.1 Å². The molecule has 7 nitrogen and oxygen atoms in total. The lowest BCUT2D eigenvalue weighted by Crippen LogP contribution is -2.37. The highest BCUT2D eigenvalue weighted by atomic mass is 127. The minimum atomic E-state index is 0. The molecule has 0 saturated carbocycles. The number of benzene rings is 1. The van der Waals surface area contributed by atoms with Gasteiger partial charge in [-0.3, -0.25) is 4.99 Å². The van der Waals surface area contributed by atoms with E-state index in [0.29, 0.717) is 6.54 Å². The summed E-state index contributed by atoms with van der Waals surface area (Å²) in [5.41, 5.74) is 2.27. The van der Waals surface area contributed by atoms with Crippen LogP contribution in [0, 0.1) is 0 Å². The van der Waals surface area contributed by atoms with E-state index in [4.69, 9.17) is 4.74 Å². The fourth-order valence-electron chi connectivity index (χ4n) is 2.73.